The number of benzene rings is 3. The van der Waals surface area contributed by atoms with Gasteiger partial charge in [-0.15, -0.1) is 0 Å². The molecule has 3 aromatic carbocycles. The molecule has 0 saturated carbocycles. The summed E-state index contributed by atoms with van der Waals surface area (Å²) in [6.45, 7) is 0. The number of methoxy groups -OCH3 is 1. The van der Waals surface area contributed by atoms with Crippen LogP contribution < -0.4 is 15.4 Å². The van der Waals surface area contributed by atoms with Crippen molar-refractivity contribution < 1.29 is 19.2 Å². The minimum Gasteiger partial charge on any atom is -0.495 e. The normalized spacial score (nSPS) is 11.3. The summed E-state index contributed by atoms with van der Waals surface area (Å²) < 4.78 is 5.18. The van der Waals surface area contributed by atoms with E-state index in [1.165, 1.54) is 25.3 Å². The quantitative estimate of drug-likeness (QED) is 0.377. The fraction of sp³-hybridized carbons (Fsp3) is 0.130. The Kier molecular flexibility index (Phi) is 7.41. The fourth-order valence-corrected chi connectivity index (χ4v) is 3.33. The molecular weight excluding hydrogens is 434 g/mol. The number of rotatable bonds is 8. The first kappa shape index (κ1) is 22.8. The second-order valence-corrected chi connectivity index (χ2v) is 7.22. The molecule has 0 saturated heterocycles. The number of nitro groups is 1. The Labute approximate surface area is 189 Å². The standard InChI is InChI=1S/C23H20ClN3O5/c1-32-21-12-11-16(27(30)31)13-20(21)25-22(28)14-19(15-7-3-2-4-8-15)26-23(29)17-9-5-6-10-18(17)24/h2-13,19H,14H2,1H3,(H,25,28)(H,26,29). The predicted octanol–water partition coefficient (Wildman–Crippen LogP) is 4.76. The molecule has 9 heteroatoms. The molecule has 0 bridgehead atoms. The zero-order valence-corrected chi connectivity index (χ0v) is 17.8. The van der Waals surface area contributed by atoms with E-state index in [4.69, 9.17) is 16.3 Å². The van der Waals surface area contributed by atoms with Gasteiger partial charge in [0.15, 0.2) is 0 Å². The van der Waals surface area contributed by atoms with Crippen LogP contribution in [0.1, 0.15) is 28.4 Å². The summed E-state index contributed by atoms with van der Waals surface area (Å²) in [5.41, 5.74) is 0.980. The second kappa shape index (κ2) is 10.4. The van der Waals surface area contributed by atoms with Gasteiger partial charge in [-0.05, 0) is 23.8 Å². The van der Waals surface area contributed by atoms with Gasteiger partial charge in [-0.3, -0.25) is 19.7 Å². The number of carbonyl (C=O) groups is 2. The van der Waals surface area contributed by atoms with Gasteiger partial charge in [-0.2, -0.15) is 0 Å². The number of hydrogen-bond acceptors (Lipinski definition) is 5. The third-order valence-corrected chi connectivity index (χ3v) is 5.01. The zero-order chi connectivity index (χ0) is 23.1. The Morgan fingerprint density at radius 3 is 2.41 bits per heavy atom. The zero-order valence-electron chi connectivity index (χ0n) is 17.1. The molecular formula is C23H20ClN3O5. The molecule has 0 heterocycles. The maximum atomic E-state index is 12.8. The molecule has 0 fully saturated rings. The minimum atomic E-state index is -0.662. The number of ether oxygens (including phenoxy) is 1. The highest BCUT2D eigenvalue weighted by Crippen LogP contribution is 2.29. The van der Waals surface area contributed by atoms with E-state index in [1.54, 1.807) is 48.5 Å². The predicted molar refractivity (Wildman–Crippen MR) is 121 cm³/mol. The lowest BCUT2D eigenvalue weighted by Crippen LogP contribution is -2.31. The maximum absolute atomic E-state index is 12.8. The van der Waals surface area contributed by atoms with Crippen molar-refractivity contribution in [3.05, 3.63) is 99.1 Å². The summed E-state index contributed by atoms with van der Waals surface area (Å²) >= 11 is 6.13. The molecule has 3 rings (SSSR count). The third kappa shape index (κ3) is 5.61. The van der Waals surface area contributed by atoms with Gasteiger partial charge >= 0.3 is 0 Å². The Morgan fingerprint density at radius 2 is 1.75 bits per heavy atom. The molecule has 3 aromatic rings. The molecule has 0 aliphatic heterocycles. The highest BCUT2D eigenvalue weighted by Gasteiger charge is 2.22. The first-order valence-corrected chi connectivity index (χ1v) is 9.99. The van der Waals surface area contributed by atoms with Crippen molar-refractivity contribution in [2.24, 2.45) is 0 Å². The number of carbonyl (C=O) groups excluding carboxylic acids is 2. The van der Waals surface area contributed by atoms with E-state index in [1.807, 2.05) is 6.07 Å². The number of hydrogen-bond donors (Lipinski definition) is 2. The molecule has 2 N–H and O–H groups in total. The smallest absolute Gasteiger partial charge is 0.271 e. The van der Waals surface area contributed by atoms with Crippen LogP contribution in [-0.2, 0) is 4.79 Å². The lowest BCUT2D eigenvalue weighted by Gasteiger charge is -2.20. The van der Waals surface area contributed by atoms with Crippen LogP contribution in [0.3, 0.4) is 0 Å². The Hall–Kier alpha value is -3.91. The van der Waals surface area contributed by atoms with Gasteiger partial charge in [0, 0.05) is 12.1 Å². The lowest BCUT2D eigenvalue weighted by molar-refractivity contribution is -0.384. The van der Waals surface area contributed by atoms with Crippen LogP contribution in [0.4, 0.5) is 11.4 Å². The lowest BCUT2D eigenvalue weighted by atomic mass is 10.0. The Bertz CT molecular complexity index is 1140. The fourth-order valence-electron chi connectivity index (χ4n) is 3.11. The van der Waals surface area contributed by atoms with Crippen molar-refractivity contribution in [2.45, 2.75) is 12.5 Å². The molecule has 0 spiro atoms. The topological polar surface area (TPSA) is 111 Å². The van der Waals surface area contributed by atoms with Crippen molar-refractivity contribution in [1.29, 1.82) is 0 Å². The molecule has 8 nitrogen and oxygen atoms in total. The highest BCUT2D eigenvalue weighted by molar-refractivity contribution is 6.33. The Morgan fingerprint density at radius 1 is 1.06 bits per heavy atom. The van der Waals surface area contributed by atoms with E-state index in [0.29, 0.717) is 10.6 Å². The molecule has 0 aliphatic rings. The maximum Gasteiger partial charge on any atom is 0.271 e. The first-order chi connectivity index (χ1) is 15.4. The first-order valence-electron chi connectivity index (χ1n) is 9.61. The van der Waals surface area contributed by atoms with Crippen molar-refractivity contribution in [3.63, 3.8) is 0 Å². The van der Waals surface area contributed by atoms with Crippen LogP contribution in [0.15, 0.2) is 72.8 Å². The van der Waals surface area contributed by atoms with Crippen molar-refractivity contribution in [3.8, 4) is 5.75 Å². The van der Waals surface area contributed by atoms with Crippen molar-refractivity contribution in [1.82, 2.24) is 5.32 Å². The largest absolute Gasteiger partial charge is 0.495 e. The summed E-state index contributed by atoms with van der Waals surface area (Å²) in [6.07, 6.45) is -0.119. The van der Waals surface area contributed by atoms with Gasteiger partial charge in [0.1, 0.15) is 5.75 Å². The number of nitrogens with zero attached hydrogens (tertiary/aromatic N) is 1. The Balaban J connectivity index is 1.82. The molecule has 2 amide bonds. The van der Waals surface area contributed by atoms with E-state index in [2.05, 4.69) is 10.6 Å². The average Bonchev–Trinajstić information content (AvgIpc) is 2.79. The van der Waals surface area contributed by atoms with E-state index < -0.39 is 22.8 Å². The molecule has 0 aromatic heterocycles. The number of amides is 2. The molecule has 32 heavy (non-hydrogen) atoms. The number of anilines is 1. The SMILES string of the molecule is COc1ccc([N+](=O)[O-])cc1NC(=O)CC(NC(=O)c1ccccc1Cl)c1ccccc1. The van der Waals surface area contributed by atoms with Gasteiger partial charge in [0.25, 0.3) is 11.6 Å². The number of nitrogens with one attached hydrogen (secondary N) is 2. The van der Waals surface area contributed by atoms with E-state index in [-0.39, 0.29) is 29.1 Å². The van der Waals surface area contributed by atoms with Crippen molar-refractivity contribution >= 4 is 34.8 Å². The number of nitro benzene ring substituents is 1. The van der Waals surface area contributed by atoms with Crippen LogP contribution >= 0.6 is 11.6 Å². The summed E-state index contributed by atoms with van der Waals surface area (Å²) in [4.78, 5) is 36.1. The summed E-state index contributed by atoms with van der Waals surface area (Å²) in [5, 5.41) is 16.8. The molecule has 0 radical (unpaired) electrons. The van der Waals surface area contributed by atoms with E-state index >= 15 is 0 Å². The van der Waals surface area contributed by atoms with Gasteiger partial charge in [0.2, 0.25) is 5.91 Å². The second-order valence-electron chi connectivity index (χ2n) is 6.81. The average molecular weight is 454 g/mol. The van der Waals surface area contributed by atoms with Crippen LogP contribution in [0.5, 0.6) is 5.75 Å². The van der Waals surface area contributed by atoms with Crippen molar-refractivity contribution in [2.75, 3.05) is 12.4 Å². The van der Waals surface area contributed by atoms with Gasteiger partial charge < -0.3 is 15.4 Å². The van der Waals surface area contributed by atoms with Crippen LogP contribution in [0, 0.1) is 10.1 Å². The number of non-ortho nitro benzene ring substituents is 1. The summed E-state index contributed by atoms with van der Waals surface area (Å²) in [5.74, 6) is -0.609. The molecule has 164 valence electrons. The van der Waals surface area contributed by atoms with Gasteiger partial charge in [-0.1, -0.05) is 54.1 Å². The molecule has 0 aliphatic carbocycles. The number of halogens is 1. The van der Waals surface area contributed by atoms with Crippen LogP contribution in [0.2, 0.25) is 5.02 Å². The van der Waals surface area contributed by atoms with Gasteiger partial charge in [-0.25, -0.2) is 0 Å². The summed E-state index contributed by atoms with van der Waals surface area (Å²) in [6, 6.07) is 18.9. The van der Waals surface area contributed by atoms with Gasteiger partial charge in [0.05, 0.1) is 40.8 Å². The monoisotopic (exact) mass is 453 g/mol. The highest BCUT2D eigenvalue weighted by atomic mass is 35.5. The van der Waals surface area contributed by atoms with Crippen LogP contribution in [-0.4, -0.2) is 23.8 Å². The molecule has 1 atom stereocenters. The van der Waals surface area contributed by atoms with E-state index in [0.717, 1.165) is 0 Å². The summed E-state index contributed by atoms with van der Waals surface area (Å²) in [7, 11) is 1.40. The van der Waals surface area contributed by atoms with E-state index in [9.17, 15) is 19.7 Å². The third-order valence-electron chi connectivity index (χ3n) is 4.68. The minimum absolute atomic E-state index is 0.119. The van der Waals surface area contributed by atoms with Crippen LogP contribution in [0.25, 0.3) is 0 Å². The molecule has 1 unspecified atom stereocenters.